The largest absolute Gasteiger partial charge is 0.481 e. The van der Waals surface area contributed by atoms with Crippen LogP contribution in [0.2, 0.25) is 0 Å². The zero-order valence-corrected chi connectivity index (χ0v) is 13.6. The van der Waals surface area contributed by atoms with Gasteiger partial charge in [0.1, 0.15) is 0 Å². The Hall–Kier alpha value is -0.570. The maximum Gasteiger partial charge on any atom is 0.308 e. The van der Waals surface area contributed by atoms with E-state index in [0.717, 1.165) is 24.7 Å². The molecule has 6 unspecified atom stereocenters. The van der Waals surface area contributed by atoms with E-state index >= 15 is 0 Å². The highest BCUT2D eigenvalue weighted by molar-refractivity contribution is 5.72. The average Bonchev–Trinajstić information content (AvgIpc) is 2.93. The van der Waals surface area contributed by atoms with Crippen LogP contribution in [0.3, 0.4) is 0 Å². The second-order valence-electron chi connectivity index (χ2n) is 8.10. The Bertz CT molecular complexity index is 381. The first kappa shape index (κ1) is 15.3. The molecule has 3 saturated carbocycles. The molecule has 0 amide bonds. The number of carboxylic acid groups (broad SMARTS) is 1. The van der Waals surface area contributed by atoms with Crippen molar-refractivity contribution in [1.82, 2.24) is 5.32 Å². The lowest BCUT2D eigenvalue weighted by Crippen LogP contribution is -2.48. The quantitative estimate of drug-likeness (QED) is 0.777. The van der Waals surface area contributed by atoms with Crippen LogP contribution in [0.25, 0.3) is 0 Å². The minimum atomic E-state index is -0.562. The molecular weight excluding hydrogens is 262 g/mol. The van der Waals surface area contributed by atoms with Crippen molar-refractivity contribution in [2.24, 2.45) is 29.6 Å². The van der Waals surface area contributed by atoms with Crippen LogP contribution in [0, 0.1) is 29.6 Å². The molecule has 0 aromatic carbocycles. The van der Waals surface area contributed by atoms with Gasteiger partial charge in [0.2, 0.25) is 0 Å². The normalized spacial score (nSPS) is 43.2. The fourth-order valence-electron chi connectivity index (χ4n) is 5.32. The Morgan fingerprint density at radius 2 is 1.81 bits per heavy atom. The fourth-order valence-corrected chi connectivity index (χ4v) is 5.32. The molecule has 3 nitrogen and oxygen atoms in total. The third-order valence-electron chi connectivity index (χ3n) is 6.59. The average molecular weight is 293 g/mol. The van der Waals surface area contributed by atoms with Crippen LogP contribution in [0.1, 0.15) is 65.2 Å². The van der Waals surface area contributed by atoms with Crippen molar-refractivity contribution >= 4 is 5.97 Å². The molecule has 0 aliphatic heterocycles. The molecule has 3 rings (SSSR count). The molecule has 3 heteroatoms. The standard InChI is InChI=1S/C18H31NO2/c1-11(2)12-4-3-5-15(9-8-12)19-17-14-7-6-13(10-14)16(17)18(20)21/h11-17,19H,3-10H2,1-2H3,(H,20,21). The predicted octanol–water partition coefficient (Wildman–Crippen LogP) is 3.68. The fraction of sp³-hybridized carbons (Fsp3) is 0.944. The summed E-state index contributed by atoms with van der Waals surface area (Å²) in [7, 11) is 0. The van der Waals surface area contributed by atoms with Crippen molar-refractivity contribution in [2.75, 3.05) is 0 Å². The molecule has 3 aliphatic rings. The number of hydrogen-bond acceptors (Lipinski definition) is 2. The van der Waals surface area contributed by atoms with Crippen molar-refractivity contribution in [3.63, 3.8) is 0 Å². The van der Waals surface area contributed by atoms with E-state index in [2.05, 4.69) is 19.2 Å². The first-order chi connectivity index (χ1) is 10.1. The number of carboxylic acids is 1. The number of hydrogen-bond donors (Lipinski definition) is 2. The first-order valence-corrected chi connectivity index (χ1v) is 9.05. The van der Waals surface area contributed by atoms with Gasteiger partial charge in [-0.3, -0.25) is 4.79 Å². The summed E-state index contributed by atoms with van der Waals surface area (Å²) in [6.45, 7) is 4.68. The number of fused-ring (bicyclic) bond motifs is 2. The predicted molar refractivity (Wildman–Crippen MR) is 84.1 cm³/mol. The maximum absolute atomic E-state index is 11.6. The molecule has 0 spiro atoms. The Balaban J connectivity index is 1.59. The Morgan fingerprint density at radius 3 is 2.52 bits per heavy atom. The number of carbonyl (C=O) groups is 1. The Kier molecular flexibility index (Phi) is 4.58. The summed E-state index contributed by atoms with van der Waals surface area (Å²) in [5.74, 6) is 2.05. The first-order valence-electron chi connectivity index (χ1n) is 9.05. The van der Waals surface area contributed by atoms with Crippen molar-refractivity contribution in [3.8, 4) is 0 Å². The summed E-state index contributed by atoms with van der Waals surface area (Å²) in [5.41, 5.74) is 0. The highest BCUT2D eigenvalue weighted by Crippen LogP contribution is 2.49. The molecular formula is C18H31NO2. The van der Waals surface area contributed by atoms with Crippen molar-refractivity contribution in [3.05, 3.63) is 0 Å². The number of nitrogens with one attached hydrogen (secondary N) is 1. The van der Waals surface area contributed by atoms with Gasteiger partial charge in [-0.25, -0.2) is 0 Å². The summed E-state index contributed by atoms with van der Waals surface area (Å²) in [6, 6.07) is 0.807. The van der Waals surface area contributed by atoms with E-state index in [9.17, 15) is 9.90 Å². The third kappa shape index (κ3) is 3.13. The smallest absolute Gasteiger partial charge is 0.308 e. The van der Waals surface area contributed by atoms with Gasteiger partial charge in [0.15, 0.2) is 0 Å². The molecule has 2 N–H and O–H groups in total. The molecule has 3 aliphatic carbocycles. The number of rotatable bonds is 4. The summed E-state index contributed by atoms with van der Waals surface area (Å²) < 4.78 is 0. The van der Waals surface area contributed by atoms with Gasteiger partial charge in [-0.15, -0.1) is 0 Å². The van der Waals surface area contributed by atoms with E-state index < -0.39 is 5.97 Å². The van der Waals surface area contributed by atoms with E-state index in [1.807, 2.05) is 0 Å². The van der Waals surface area contributed by atoms with Gasteiger partial charge < -0.3 is 10.4 Å². The lowest BCUT2D eigenvalue weighted by molar-refractivity contribution is -0.144. The van der Waals surface area contributed by atoms with Crippen LogP contribution in [0.15, 0.2) is 0 Å². The summed E-state index contributed by atoms with van der Waals surface area (Å²) in [4.78, 5) is 11.6. The van der Waals surface area contributed by atoms with Crippen LogP contribution in [0.4, 0.5) is 0 Å². The number of aliphatic carboxylic acids is 1. The Morgan fingerprint density at radius 1 is 1.05 bits per heavy atom. The summed E-state index contributed by atoms with van der Waals surface area (Å²) >= 11 is 0. The van der Waals surface area contributed by atoms with Crippen molar-refractivity contribution < 1.29 is 9.90 Å². The molecule has 6 atom stereocenters. The SMILES string of the molecule is CC(C)C1CCCC(NC2C3CCC(C3)C2C(=O)O)CC1. The maximum atomic E-state index is 11.6. The molecule has 0 heterocycles. The van der Waals surface area contributed by atoms with Gasteiger partial charge in [0, 0.05) is 12.1 Å². The second-order valence-corrected chi connectivity index (χ2v) is 8.10. The molecule has 0 saturated heterocycles. The monoisotopic (exact) mass is 293 g/mol. The van der Waals surface area contributed by atoms with E-state index in [1.54, 1.807) is 0 Å². The summed E-state index contributed by atoms with van der Waals surface area (Å²) in [6.07, 6.45) is 9.98. The van der Waals surface area contributed by atoms with Gasteiger partial charge in [-0.05, 0) is 62.2 Å². The highest BCUT2D eigenvalue weighted by atomic mass is 16.4. The molecule has 21 heavy (non-hydrogen) atoms. The Labute approximate surface area is 128 Å². The topological polar surface area (TPSA) is 49.3 Å². The van der Waals surface area contributed by atoms with E-state index in [-0.39, 0.29) is 12.0 Å². The van der Waals surface area contributed by atoms with Gasteiger partial charge in [0.25, 0.3) is 0 Å². The molecule has 2 bridgehead atoms. The van der Waals surface area contributed by atoms with Crippen LogP contribution >= 0.6 is 0 Å². The summed E-state index contributed by atoms with van der Waals surface area (Å²) in [5, 5.41) is 13.4. The van der Waals surface area contributed by atoms with Crippen LogP contribution in [-0.4, -0.2) is 23.2 Å². The van der Waals surface area contributed by atoms with Crippen LogP contribution in [0.5, 0.6) is 0 Å². The van der Waals surface area contributed by atoms with E-state index in [0.29, 0.717) is 17.9 Å². The second kappa shape index (κ2) is 6.28. The lowest BCUT2D eigenvalue weighted by atomic mass is 9.83. The minimum Gasteiger partial charge on any atom is -0.481 e. The molecule has 120 valence electrons. The van der Waals surface area contributed by atoms with Gasteiger partial charge >= 0.3 is 5.97 Å². The molecule has 0 aromatic heterocycles. The van der Waals surface area contributed by atoms with Gasteiger partial charge in [0.05, 0.1) is 5.92 Å². The van der Waals surface area contributed by atoms with E-state index in [4.69, 9.17) is 0 Å². The molecule has 0 aromatic rings. The molecule has 0 radical (unpaired) electrons. The highest BCUT2D eigenvalue weighted by Gasteiger charge is 2.51. The van der Waals surface area contributed by atoms with Crippen molar-refractivity contribution in [1.29, 1.82) is 0 Å². The minimum absolute atomic E-state index is 0.118. The van der Waals surface area contributed by atoms with Gasteiger partial charge in [-0.2, -0.15) is 0 Å². The van der Waals surface area contributed by atoms with Crippen LogP contribution < -0.4 is 5.32 Å². The van der Waals surface area contributed by atoms with E-state index in [1.165, 1.54) is 38.5 Å². The van der Waals surface area contributed by atoms with Crippen molar-refractivity contribution in [2.45, 2.75) is 77.3 Å². The lowest BCUT2D eigenvalue weighted by Gasteiger charge is -2.32. The zero-order valence-electron chi connectivity index (χ0n) is 13.6. The van der Waals surface area contributed by atoms with Crippen LogP contribution in [-0.2, 0) is 4.79 Å². The third-order valence-corrected chi connectivity index (χ3v) is 6.59. The zero-order chi connectivity index (χ0) is 15.0. The van der Waals surface area contributed by atoms with Gasteiger partial charge in [-0.1, -0.05) is 26.7 Å². The molecule has 3 fully saturated rings.